The first-order valence-electron chi connectivity index (χ1n) is 9.33. The van der Waals surface area contributed by atoms with Crippen LogP contribution in [0.25, 0.3) is 0 Å². The topological polar surface area (TPSA) is 109 Å². The van der Waals surface area contributed by atoms with Gasteiger partial charge in [-0.2, -0.15) is 0 Å². The van der Waals surface area contributed by atoms with Crippen molar-refractivity contribution in [2.24, 2.45) is 0 Å². The predicted molar refractivity (Wildman–Crippen MR) is 115 cm³/mol. The molecule has 1 aromatic carbocycles. The van der Waals surface area contributed by atoms with Crippen molar-refractivity contribution in [2.45, 2.75) is 45.5 Å². The monoisotopic (exact) mass is 438 g/mol. The van der Waals surface area contributed by atoms with E-state index < -0.39 is 32.7 Å². The first-order valence-corrected chi connectivity index (χ1v) is 10.8. The van der Waals surface area contributed by atoms with E-state index in [2.05, 4.69) is 20.3 Å². The highest BCUT2D eigenvalue weighted by molar-refractivity contribution is 7.90. The fourth-order valence-electron chi connectivity index (χ4n) is 2.26. The van der Waals surface area contributed by atoms with Crippen LogP contribution >= 0.6 is 0 Å². The zero-order chi connectivity index (χ0) is 22.5. The van der Waals surface area contributed by atoms with Crippen LogP contribution in [0.4, 0.5) is 20.6 Å². The van der Waals surface area contributed by atoms with Gasteiger partial charge in [0.2, 0.25) is 10.0 Å². The van der Waals surface area contributed by atoms with E-state index in [1.165, 1.54) is 12.3 Å². The van der Waals surface area contributed by atoms with Crippen LogP contribution in [0.3, 0.4) is 0 Å². The fraction of sp³-hybridized carbons (Fsp3) is 0.400. The number of anilines is 2. The molecule has 0 spiro atoms. The largest absolute Gasteiger partial charge is 0.489 e. The van der Waals surface area contributed by atoms with E-state index >= 15 is 0 Å². The highest BCUT2D eigenvalue weighted by Crippen LogP contribution is 2.22. The summed E-state index contributed by atoms with van der Waals surface area (Å²) < 4.78 is 45.3. The Hall–Kier alpha value is -2.72. The number of hydrogen-bond acceptors (Lipinski definition) is 5. The summed E-state index contributed by atoms with van der Waals surface area (Å²) in [6, 6.07) is 6.63. The van der Waals surface area contributed by atoms with Gasteiger partial charge in [-0.1, -0.05) is 0 Å². The van der Waals surface area contributed by atoms with E-state index in [-0.39, 0.29) is 18.0 Å². The molecule has 2 rings (SSSR count). The molecule has 8 nitrogen and oxygen atoms in total. The Labute approximate surface area is 176 Å². The summed E-state index contributed by atoms with van der Waals surface area (Å²) in [6.45, 7) is 8.25. The summed E-state index contributed by atoms with van der Waals surface area (Å²) in [4.78, 5) is 16.2. The Morgan fingerprint density at radius 3 is 2.43 bits per heavy atom. The molecule has 1 aromatic heterocycles. The molecular formula is C20H27FN4O4S. The molecule has 0 fully saturated rings. The van der Waals surface area contributed by atoms with Crippen LogP contribution < -0.4 is 20.1 Å². The maximum absolute atomic E-state index is 14.0. The second-order valence-corrected chi connectivity index (χ2v) is 10.4. The number of halogens is 1. The minimum absolute atomic E-state index is 0.0137. The van der Waals surface area contributed by atoms with Crippen LogP contribution in [0.1, 0.15) is 33.4 Å². The molecule has 0 saturated carbocycles. The van der Waals surface area contributed by atoms with Crippen molar-refractivity contribution in [2.75, 3.05) is 17.2 Å². The van der Waals surface area contributed by atoms with Gasteiger partial charge in [-0.15, -0.1) is 0 Å². The second kappa shape index (κ2) is 9.40. The lowest BCUT2D eigenvalue weighted by Gasteiger charge is -2.22. The third kappa shape index (κ3) is 6.96. The minimum atomic E-state index is -3.52. The van der Waals surface area contributed by atoms with Gasteiger partial charge < -0.3 is 15.4 Å². The van der Waals surface area contributed by atoms with E-state index in [0.29, 0.717) is 5.69 Å². The van der Waals surface area contributed by atoms with E-state index in [1.54, 1.807) is 39.8 Å². The number of aryl methyl sites for hydroxylation is 1. The summed E-state index contributed by atoms with van der Waals surface area (Å²) in [5.74, 6) is -0.452. The van der Waals surface area contributed by atoms with Crippen molar-refractivity contribution >= 4 is 27.4 Å². The third-order valence-corrected chi connectivity index (χ3v) is 6.16. The van der Waals surface area contributed by atoms with Crippen molar-refractivity contribution < 1.29 is 22.3 Å². The standard InChI is InChI=1S/C20H27FN4O4S/c1-13-6-7-16(12-22-13)24-19(26)25-17-8-15(21)9-18(10-17)29-14(2)11-23-30(27,28)20(3,4)5/h6-10,12,14,23H,11H2,1-5H3,(H2,24,25,26)/t14-/m1/s1. The van der Waals surface area contributed by atoms with Crippen molar-refractivity contribution in [1.29, 1.82) is 0 Å². The molecule has 0 unspecified atom stereocenters. The number of aromatic nitrogens is 1. The number of ether oxygens (including phenoxy) is 1. The number of carbonyl (C=O) groups is 1. The Kier molecular flexibility index (Phi) is 7.38. The molecule has 10 heteroatoms. The average Bonchev–Trinajstić information content (AvgIpc) is 2.60. The number of carbonyl (C=O) groups excluding carboxylic acids is 1. The van der Waals surface area contributed by atoms with Gasteiger partial charge in [0, 0.05) is 30.1 Å². The van der Waals surface area contributed by atoms with Crippen LogP contribution in [-0.2, 0) is 10.0 Å². The van der Waals surface area contributed by atoms with Gasteiger partial charge in [-0.3, -0.25) is 4.98 Å². The molecule has 2 amide bonds. The molecule has 30 heavy (non-hydrogen) atoms. The van der Waals surface area contributed by atoms with E-state index in [1.807, 2.05) is 6.92 Å². The molecule has 0 aliphatic carbocycles. The summed E-state index contributed by atoms with van der Waals surface area (Å²) in [7, 11) is -3.52. The van der Waals surface area contributed by atoms with Crippen LogP contribution in [0, 0.1) is 12.7 Å². The summed E-state index contributed by atoms with van der Waals surface area (Å²) >= 11 is 0. The molecule has 0 aliphatic rings. The van der Waals surface area contributed by atoms with Gasteiger partial charge in [0.25, 0.3) is 0 Å². The number of nitrogens with one attached hydrogen (secondary N) is 3. The number of amides is 2. The molecule has 0 aliphatic heterocycles. The lowest BCUT2D eigenvalue weighted by atomic mass is 10.3. The zero-order valence-electron chi connectivity index (χ0n) is 17.6. The lowest BCUT2D eigenvalue weighted by molar-refractivity contribution is 0.224. The quantitative estimate of drug-likeness (QED) is 0.611. The molecule has 0 saturated heterocycles. The summed E-state index contributed by atoms with van der Waals surface area (Å²) in [6.07, 6.45) is 0.944. The second-order valence-electron chi connectivity index (χ2n) is 7.84. The van der Waals surface area contributed by atoms with Crippen molar-refractivity contribution in [3.8, 4) is 5.75 Å². The van der Waals surface area contributed by atoms with Crippen LogP contribution in [0.2, 0.25) is 0 Å². The van der Waals surface area contributed by atoms with Gasteiger partial charge >= 0.3 is 6.03 Å². The number of pyridine rings is 1. The summed E-state index contributed by atoms with van der Waals surface area (Å²) in [5, 5.41) is 5.12. The zero-order valence-corrected chi connectivity index (χ0v) is 18.4. The first kappa shape index (κ1) is 23.6. The normalized spacial score (nSPS) is 12.9. The van der Waals surface area contributed by atoms with Gasteiger partial charge in [-0.25, -0.2) is 22.3 Å². The van der Waals surface area contributed by atoms with Crippen LogP contribution in [-0.4, -0.2) is 36.8 Å². The Morgan fingerprint density at radius 2 is 1.83 bits per heavy atom. The molecule has 0 radical (unpaired) electrons. The van der Waals surface area contributed by atoms with Crippen LogP contribution in [0.5, 0.6) is 5.75 Å². The Balaban J connectivity index is 1.98. The SMILES string of the molecule is Cc1ccc(NC(=O)Nc2cc(F)cc(O[C@H](C)CNS(=O)(=O)C(C)(C)C)c2)cn1. The third-order valence-electron chi connectivity index (χ3n) is 4.00. The maximum atomic E-state index is 14.0. The molecule has 2 aromatic rings. The van der Waals surface area contributed by atoms with E-state index in [0.717, 1.165) is 17.8 Å². The molecule has 164 valence electrons. The lowest BCUT2D eigenvalue weighted by Crippen LogP contribution is -2.43. The predicted octanol–water partition coefficient (Wildman–Crippen LogP) is 3.66. The molecule has 1 heterocycles. The molecule has 3 N–H and O–H groups in total. The molecule has 0 bridgehead atoms. The fourth-order valence-corrected chi connectivity index (χ4v) is 3.14. The number of nitrogens with zero attached hydrogens (tertiary/aromatic N) is 1. The number of benzene rings is 1. The highest BCUT2D eigenvalue weighted by Gasteiger charge is 2.29. The van der Waals surface area contributed by atoms with Gasteiger partial charge in [0.05, 0.1) is 16.6 Å². The van der Waals surface area contributed by atoms with Gasteiger partial charge in [0.15, 0.2) is 0 Å². The van der Waals surface area contributed by atoms with Gasteiger partial charge in [0.1, 0.15) is 17.7 Å². The minimum Gasteiger partial charge on any atom is -0.489 e. The van der Waals surface area contributed by atoms with Crippen molar-refractivity contribution in [1.82, 2.24) is 9.71 Å². The maximum Gasteiger partial charge on any atom is 0.323 e. The van der Waals surface area contributed by atoms with Gasteiger partial charge in [-0.05, 0) is 52.8 Å². The first-order chi connectivity index (χ1) is 13.9. The number of urea groups is 1. The Bertz CT molecular complexity index is 989. The number of sulfonamides is 1. The number of hydrogen-bond donors (Lipinski definition) is 3. The Morgan fingerprint density at radius 1 is 1.17 bits per heavy atom. The highest BCUT2D eigenvalue weighted by atomic mass is 32.2. The van der Waals surface area contributed by atoms with Crippen molar-refractivity contribution in [3.63, 3.8) is 0 Å². The van der Waals surface area contributed by atoms with E-state index in [4.69, 9.17) is 4.74 Å². The van der Waals surface area contributed by atoms with Crippen LogP contribution in [0.15, 0.2) is 36.5 Å². The number of rotatable bonds is 7. The van der Waals surface area contributed by atoms with E-state index in [9.17, 15) is 17.6 Å². The average molecular weight is 439 g/mol. The molecular weight excluding hydrogens is 411 g/mol. The summed E-state index contributed by atoms with van der Waals surface area (Å²) in [5.41, 5.74) is 1.49. The van der Waals surface area contributed by atoms with Crippen molar-refractivity contribution in [3.05, 3.63) is 48.0 Å². The molecule has 1 atom stereocenters. The smallest absolute Gasteiger partial charge is 0.323 e.